The number of hydrogen-bond donors (Lipinski definition) is 1. The summed E-state index contributed by atoms with van der Waals surface area (Å²) in [5.74, 6) is 0. The van der Waals surface area contributed by atoms with Gasteiger partial charge in [0.2, 0.25) is 0 Å². The van der Waals surface area contributed by atoms with Crippen molar-refractivity contribution in [2.45, 2.75) is 32.9 Å². The van der Waals surface area contributed by atoms with E-state index in [1.807, 2.05) is 0 Å². The van der Waals surface area contributed by atoms with Gasteiger partial charge in [-0.25, -0.2) is 9.78 Å². The molecule has 0 atom stereocenters. The van der Waals surface area contributed by atoms with Gasteiger partial charge in [-0.3, -0.25) is 4.57 Å². The molecule has 0 amide bonds. The summed E-state index contributed by atoms with van der Waals surface area (Å²) in [5.41, 5.74) is 0.623. The molecule has 0 radical (unpaired) electrons. The first kappa shape index (κ1) is 13.9. The summed E-state index contributed by atoms with van der Waals surface area (Å²) in [5, 5.41) is 3.75. The van der Waals surface area contributed by atoms with E-state index < -0.39 is 0 Å². The summed E-state index contributed by atoms with van der Waals surface area (Å²) in [6.07, 6.45) is 2.91. The molecular formula is C12H18ClN3O. The molecule has 0 saturated heterocycles. The third-order valence-corrected chi connectivity index (χ3v) is 2.28. The van der Waals surface area contributed by atoms with Gasteiger partial charge < -0.3 is 5.32 Å². The molecule has 1 aromatic heterocycles. The molecule has 94 valence electrons. The van der Waals surface area contributed by atoms with Crippen LogP contribution in [0.1, 0.15) is 20.8 Å². The van der Waals surface area contributed by atoms with Gasteiger partial charge in [0.05, 0.1) is 11.2 Å². The van der Waals surface area contributed by atoms with Crippen molar-refractivity contribution >= 4 is 11.6 Å². The van der Waals surface area contributed by atoms with Crippen LogP contribution in [0.4, 0.5) is 0 Å². The average Bonchev–Trinajstić information content (AvgIpc) is 2.20. The van der Waals surface area contributed by atoms with Crippen molar-refractivity contribution in [1.82, 2.24) is 14.9 Å². The Hall–Kier alpha value is -1.13. The van der Waals surface area contributed by atoms with Crippen LogP contribution in [0.5, 0.6) is 0 Å². The highest BCUT2D eigenvalue weighted by molar-refractivity contribution is 6.30. The first-order valence-electron chi connectivity index (χ1n) is 5.41. The van der Waals surface area contributed by atoms with Gasteiger partial charge in [0.25, 0.3) is 0 Å². The van der Waals surface area contributed by atoms with Crippen LogP contribution in [-0.4, -0.2) is 21.6 Å². The number of aromatic nitrogens is 2. The number of nitrogens with one attached hydrogen (secondary N) is 1. The Kier molecular flexibility index (Phi) is 4.48. The zero-order chi connectivity index (χ0) is 13.1. The minimum Gasteiger partial charge on any atom is -0.308 e. The topological polar surface area (TPSA) is 46.9 Å². The summed E-state index contributed by atoms with van der Waals surface area (Å²) in [6.45, 7) is 11.2. The van der Waals surface area contributed by atoms with Crippen molar-refractivity contribution in [2.24, 2.45) is 0 Å². The van der Waals surface area contributed by atoms with Crippen molar-refractivity contribution < 1.29 is 0 Å². The van der Waals surface area contributed by atoms with Gasteiger partial charge in [-0.15, -0.1) is 0 Å². The number of rotatable bonds is 4. The van der Waals surface area contributed by atoms with Crippen molar-refractivity contribution in [3.63, 3.8) is 0 Å². The monoisotopic (exact) mass is 255 g/mol. The highest BCUT2D eigenvalue weighted by atomic mass is 35.5. The fraction of sp³-hybridized carbons (Fsp3) is 0.500. The van der Waals surface area contributed by atoms with Crippen LogP contribution in [0.3, 0.4) is 0 Å². The van der Waals surface area contributed by atoms with E-state index in [9.17, 15) is 4.79 Å². The smallest absolute Gasteiger partial charge is 0.308 e. The van der Waals surface area contributed by atoms with Crippen molar-refractivity contribution in [3.05, 3.63) is 40.1 Å². The molecule has 1 heterocycles. The standard InChI is InChI=1S/C12H18ClN3O/c1-9(5-15-12(2,3)4)7-16-8-10(13)6-14-11(16)17/h6,8,15H,1,5,7H2,2-4H3. The average molecular weight is 256 g/mol. The SMILES string of the molecule is C=C(CNC(C)(C)C)Cn1cc(Cl)cnc1=O. The van der Waals surface area contributed by atoms with Crippen LogP contribution in [0.2, 0.25) is 5.02 Å². The third-order valence-electron chi connectivity index (χ3n) is 2.09. The van der Waals surface area contributed by atoms with Gasteiger partial charge >= 0.3 is 5.69 Å². The molecule has 17 heavy (non-hydrogen) atoms. The number of halogens is 1. The lowest BCUT2D eigenvalue weighted by Gasteiger charge is -2.21. The van der Waals surface area contributed by atoms with Crippen LogP contribution in [-0.2, 0) is 6.54 Å². The maximum Gasteiger partial charge on any atom is 0.347 e. The first-order valence-corrected chi connectivity index (χ1v) is 5.79. The highest BCUT2D eigenvalue weighted by Crippen LogP contribution is 2.04. The lowest BCUT2D eigenvalue weighted by Crippen LogP contribution is -2.37. The summed E-state index contributed by atoms with van der Waals surface area (Å²) in [6, 6.07) is 0. The molecular weight excluding hydrogens is 238 g/mol. The molecule has 0 unspecified atom stereocenters. The zero-order valence-electron chi connectivity index (χ0n) is 10.5. The molecule has 1 aromatic rings. The van der Waals surface area contributed by atoms with Gasteiger partial charge in [0.1, 0.15) is 0 Å². The van der Waals surface area contributed by atoms with E-state index >= 15 is 0 Å². The van der Waals surface area contributed by atoms with Gasteiger partial charge in [0, 0.05) is 24.8 Å². The van der Waals surface area contributed by atoms with E-state index in [2.05, 4.69) is 37.7 Å². The van der Waals surface area contributed by atoms with Crippen molar-refractivity contribution in [2.75, 3.05) is 6.54 Å². The minimum absolute atomic E-state index is 0.0283. The zero-order valence-corrected chi connectivity index (χ0v) is 11.2. The lowest BCUT2D eigenvalue weighted by molar-refractivity contribution is 0.439. The Bertz CT molecular complexity index is 460. The summed E-state index contributed by atoms with van der Waals surface area (Å²) in [4.78, 5) is 15.1. The fourth-order valence-electron chi connectivity index (χ4n) is 1.23. The van der Waals surface area contributed by atoms with Gasteiger partial charge in [-0.05, 0) is 26.3 Å². The van der Waals surface area contributed by atoms with Crippen LogP contribution < -0.4 is 11.0 Å². The summed E-state index contributed by atoms with van der Waals surface area (Å²) < 4.78 is 1.45. The normalized spacial score (nSPS) is 11.5. The first-order chi connectivity index (χ1) is 7.78. The largest absolute Gasteiger partial charge is 0.347 e. The van der Waals surface area contributed by atoms with E-state index in [0.29, 0.717) is 18.1 Å². The minimum atomic E-state index is -0.314. The third kappa shape index (κ3) is 5.15. The quantitative estimate of drug-likeness (QED) is 0.836. The molecule has 0 fully saturated rings. The maximum absolute atomic E-state index is 11.4. The maximum atomic E-state index is 11.4. The second-order valence-corrected chi connectivity index (χ2v) is 5.47. The molecule has 0 aliphatic carbocycles. The summed E-state index contributed by atoms with van der Waals surface area (Å²) >= 11 is 5.78. The lowest BCUT2D eigenvalue weighted by atomic mass is 10.1. The second-order valence-electron chi connectivity index (χ2n) is 5.04. The number of nitrogens with zero attached hydrogens (tertiary/aromatic N) is 2. The Morgan fingerprint density at radius 1 is 1.59 bits per heavy atom. The molecule has 0 saturated carbocycles. The molecule has 0 aromatic carbocycles. The molecule has 1 rings (SSSR count). The molecule has 0 aliphatic heterocycles. The van der Waals surface area contributed by atoms with E-state index in [4.69, 9.17) is 11.6 Å². The van der Waals surface area contributed by atoms with Crippen LogP contribution in [0, 0.1) is 0 Å². The molecule has 0 aliphatic rings. The molecule has 4 nitrogen and oxygen atoms in total. The van der Waals surface area contributed by atoms with E-state index in [0.717, 1.165) is 5.57 Å². The van der Waals surface area contributed by atoms with Gasteiger partial charge in [-0.2, -0.15) is 0 Å². The fourth-order valence-corrected chi connectivity index (χ4v) is 1.40. The Labute approximate surface area is 106 Å². The molecule has 0 bridgehead atoms. The van der Waals surface area contributed by atoms with E-state index in [-0.39, 0.29) is 11.2 Å². The predicted molar refractivity (Wildman–Crippen MR) is 70.4 cm³/mol. The van der Waals surface area contributed by atoms with Crippen molar-refractivity contribution in [3.8, 4) is 0 Å². The molecule has 1 N–H and O–H groups in total. The summed E-state index contributed by atoms with van der Waals surface area (Å²) in [7, 11) is 0. The second kappa shape index (κ2) is 5.47. The van der Waals surface area contributed by atoms with Crippen molar-refractivity contribution in [1.29, 1.82) is 0 Å². The predicted octanol–water partition coefficient (Wildman–Crippen LogP) is 1.84. The molecule has 0 spiro atoms. The van der Waals surface area contributed by atoms with Crippen LogP contribution >= 0.6 is 11.6 Å². The highest BCUT2D eigenvalue weighted by Gasteiger charge is 2.09. The van der Waals surface area contributed by atoms with Crippen LogP contribution in [0.25, 0.3) is 0 Å². The van der Waals surface area contributed by atoms with Crippen LogP contribution in [0.15, 0.2) is 29.3 Å². The Balaban J connectivity index is 2.62. The Morgan fingerprint density at radius 2 is 2.24 bits per heavy atom. The van der Waals surface area contributed by atoms with E-state index in [1.165, 1.54) is 10.8 Å². The Morgan fingerprint density at radius 3 is 2.82 bits per heavy atom. The van der Waals surface area contributed by atoms with Gasteiger partial charge in [-0.1, -0.05) is 18.2 Å². The number of hydrogen-bond acceptors (Lipinski definition) is 3. The molecule has 5 heteroatoms. The van der Waals surface area contributed by atoms with Gasteiger partial charge in [0.15, 0.2) is 0 Å². The van der Waals surface area contributed by atoms with E-state index in [1.54, 1.807) is 6.20 Å².